The molecule has 0 atom stereocenters. The Morgan fingerprint density at radius 2 is 1.96 bits per heavy atom. The lowest BCUT2D eigenvalue weighted by Crippen LogP contribution is -2.15. The number of sulfonamides is 1. The van der Waals surface area contributed by atoms with Crippen LogP contribution in [0.4, 0.5) is 5.95 Å². The minimum Gasteiger partial charge on any atom is -0.246 e. The van der Waals surface area contributed by atoms with E-state index in [9.17, 15) is 8.42 Å². The molecule has 0 amide bonds. The van der Waals surface area contributed by atoms with E-state index in [1.54, 1.807) is 4.68 Å². The van der Waals surface area contributed by atoms with Gasteiger partial charge in [-0.25, -0.2) is 17.8 Å². The number of nitrogens with one attached hydrogen (secondary N) is 1. The first-order chi connectivity index (χ1) is 11.8. The molecule has 0 aliphatic heterocycles. The van der Waals surface area contributed by atoms with Gasteiger partial charge in [-0.15, -0.1) is 5.10 Å². The van der Waals surface area contributed by atoms with Crippen molar-refractivity contribution < 1.29 is 8.42 Å². The molecule has 0 saturated carbocycles. The van der Waals surface area contributed by atoms with Gasteiger partial charge in [0.2, 0.25) is 0 Å². The van der Waals surface area contributed by atoms with Gasteiger partial charge in [0.1, 0.15) is 11.2 Å². The Labute approximate surface area is 155 Å². The Morgan fingerprint density at radius 1 is 1.16 bits per heavy atom. The van der Waals surface area contributed by atoms with Crippen LogP contribution in [0.15, 0.2) is 53.7 Å². The molecule has 0 aliphatic carbocycles. The third kappa shape index (κ3) is 4.31. The first-order valence-electron chi connectivity index (χ1n) is 7.26. The molecular formula is C16H14Cl2N4O2S. The maximum absolute atomic E-state index is 12.4. The Hall–Kier alpha value is -2.09. The van der Waals surface area contributed by atoms with Crippen LogP contribution < -0.4 is 4.72 Å². The molecule has 0 fully saturated rings. The van der Waals surface area contributed by atoms with Crippen LogP contribution in [0.3, 0.4) is 0 Å². The summed E-state index contributed by atoms with van der Waals surface area (Å²) in [5.41, 5.74) is 2.17. The van der Waals surface area contributed by atoms with E-state index >= 15 is 0 Å². The van der Waals surface area contributed by atoms with Crippen LogP contribution in [0, 0.1) is 6.92 Å². The summed E-state index contributed by atoms with van der Waals surface area (Å²) < 4.78 is 28.7. The molecule has 0 aliphatic rings. The highest BCUT2D eigenvalue weighted by atomic mass is 35.5. The number of hydrogen-bond donors (Lipinski definition) is 1. The van der Waals surface area contributed by atoms with Crippen molar-refractivity contribution in [2.24, 2.45) is 0 Å². The summed E-state index contributed by atoms with van der Waals surface area (Å²) in [4.78, 5) is 3.86. The van der Waals surface area contributed by atoms with Crippen molar-refractivity contribution in [3.05, 3.63) is 70.0 Å². The van der Waals surface area contributed by atoms with Gasteiger partial charge in [0.15, 0.2) is 0 Å². The zero-order valence-corrected chi connectivity index (χ0v) is 15.5. The number of hydrogen-bond acceptors (Lipinski definition) is 4. The monoisotopic (exact) mass is 396 g/mol. The first-order valence-corrected chi connectivity index (χ1v) is 9.50. The molecule has 6 nitrogen and oxygen atoms in total. The number of benzene rings is 2. The highest BCUT2D eigenvalue weighted by Gasteiger charge is 2.20. The second kappa shape index (κ2) is 7.03. The third-order valence-electron chi connectivity index (χ3n) is 3.37. The molecule has 0 unspecified atom stereocenters. The van der Waals surface area contributed by atoms with Crippen molar-refractivity contribution in [1.29, 1.82) is 0 Å². The van der Waals surface area contributed by atoms with E-state index in [0.717, 1.165) is 11.1 Å². The zero-order valence-electron chi connectivity index (χ0n) is 13.1. The number of aryl methyl sites for hydroxylation is 1. The van der Waals surface area contributed by atoms with Crippen molar-refractivity contribution in [3.8, 4) is 0 Å². The van der Waals surface area contributed by atoms with Gasteiger partial charge in [-0.3, -0.25) is 0 Å². The predicted octanol–water partition coefficient (Wildman–Crippen LogP) is 3.74. The SMILES string of the molecule is Cc1cccc(Cn2cnc(NS(=O)(=O)c3cc(Cl)ccc3Cl)n2)c1. The largest absolute Gasteiger partial charge is 0.265 e. The standard InChI is InChI=1S/C16H14Cl2N4O2S/c1-11-3-2-4-12(7-11)9-22-10-19-16(20-22)21-25(23,24)15-8-13(17)5-6-14(15)18/h2-8,10H,9H2,1H3,(H,20,21). The normalized spacial score (nSPS) is 11.5. The van der Waals surface area contributed by atoms with Gasteiger partial charge in [-0.05, 0) is 30.7 Å². The van der Waals surface area contributed by atoms with E-state index in [0.29, 0.717) is 6.54 Å². The summed E-state index contributed by atoms with van der Waals surface area (Å²) in [6.07, 6.45) is 1.46. The summed E-state index contributed by atoms with van der Waals surface area (Å²) in [7, 11) is -3.94. The first kappa shape index (κ1) is 17.7. The molecule has 0 radical (unpaired) electrons. The molecular weight excluding hydrogens is 383 g/mol. The van der Waals surface area contributed by atoms with E-state index in [1.807, 2.05) is 31.2 Å². The van der Waals surface area contributed by atoms with Gasteiger partial charge in [-0.1, -0.05) is 53.0 Å². The molecule has 130 valence electrons. The molecule has 0 spiro atoms. The molecule has 1 aromatic heterocycles. The van der Waals surface area contributed by atoms with Crippen LogP contribution in [0.25, 0.3) is 0 Å². The van der Waals surface area contributed by atoms with Crippen LogP contribution in [0.1, 0.15) is 11.1 Å². The van der Waals surface area contributed by atoms with Crippen molar-refractivity contribution in [1.82, 2.24) is 14.8 Å². The quantitative estimate of drug-likeness (QED) is 0.712. The number of anilines is 1. The minimum absolute atomic E-state index is 0.0382. The van der Waals surface area contributed by atoms with Gasteiger partial charge in [-0.2, -0.15) is 4.98 Å². The topological polar surface area (TPSA) is 76.9 Å². The lowest BCUT2D eigenvalue weighted by molar-refractivity contribution is 0.600. The second-order valence-electron chi connectivity index (χ2n) is 5.44. The molecule has 1 heterocycles. The average Bonchev–Trinajstić information content (AvgIpc) is 2.96. The fourth-order valence-corrected chi connectivity index (χ4v) is 3.98. The van der Waals surface area contributed by atoms with Gasteiger partial charge in [0.05, 0.1) is 11.6 Å². The Bertz CT molecular complexity index is 1020. The van der Waals surface area contributed by atoms with Crippen molar-refractivity contribution in [2.75, 3.05) is 4.72 Å². The van der Waals surface area contributed by atoms with Gasteiger partial charge in [0, 0.05) is 5.02 Å². The summed E-state index contributed by atoms with van der Waals surface area (Å²) in [5.74, 6) is -0.0382. The molecule has 0 bridgehead atoms. The smallest absolute Gasteiger partial charge is 0.246 e. The molecule has 9 heteroatoms. The number of nitrogens with zero attached hydrogens (tertiary/aromatic N) is 3. The summed E-state index contributed by atoms with van der Waals surface area (Å²) >= 11 is 11.8. The third-order valence-corrected chi connectivity index (χ3v) is 5.42. The van der Waals surface area contributed by atoms with Gasteiger partial charge >= 0.3 is 0 Å². The Morgan fingerprint density at radius 3 is 2.72 bits per heavy atom. The number of halogens is 2. The lowest BCUT2D eigenvalue weighted by Gasteiger charge is -2.07. The number of aromatic nitrogens is 3. The van der Waals surface area contributed by atoms with Crippen LogP contribution in [-0.2, 0) is 16.6 Å². The van der Waals surface area contributed by atoms with E-state index in [2.05, 4.69) is 14.8 Å². The Kier molecular flexibility index (Phi) is 4.99. The fraction of sp³-hybridized carbons (Fsp3) is 0.125. The molecule has 25 heavy (non-hydrogen) atoms. The Balaban J connectivity index is 1.80. The van der Waals surface area contributed by atoms with Crippen LogP contribution in [0.2, 0.25) is 10.0 Å². The highest BCUT2D eigenvalue weighted by molar-refractivity contribution is 7.92. The van der Waals surface area contributed by atoms with E-state index < -0.39 is 10.0 Å². The van der Waals surface area contributed by atoms with Crippen LogP contribution in [-0.4, -0.2) is 23.2 Å². The molecule has 3 aromatic rings. The van der Waals surface area contributed by atoms with E-state index in [-0.39, 0.29) is 20.9 Å². The minimum atomic E-state index is -3.94. The number of rotatable bonds is 5. The highest BCUT2D eigenvalue weighted by Crippen LogP contribution is 2.26. The summed E-state index contributed by atoms with van der Waals surface area (Å²) in [6, 6.07) is 12.1. The van der Waals surface area contributed by atoms with E-state index in [4.69, 9.17) is 23.2 Å². The summed E-state index contributed by atoms with van der Waals surface area (Å²) in [6.45, 7) is 2.48. The maximum atomic E-state index is 12.4. The fourth-order valence-electron chi connectivity index (χ4n) is 2.27. The van der Waals surface area contributed by atoms with Gasteiger partial charge < -0.3 is 0 Å². The molecule has 3 rings (SSSR count). The van der Waals surface area contributed by atoms with Crippen LogP contribution >= 0.6 is 23.2 Å². The second-order valence-corrected chi connectivity index (χ2v) is 7.93. The van der Waals surface area contributed by atoms with E-state index in [1.165, 1.54) is 24.5 Å². The molecule has 0 saturated heterocycles. The van der Waals surface area contributed by atoms with Crippen LogP contribution in [0.5, 0.6) is 0 Å². The lowest BCUT2D eigenvalue weighted by atomic mass is 10.1. The molecule has 1 N–H and O–H groups in total. The van der Waals surface area contributed by atoms with Crippen molar-refractivity contribution in [2.45, 2.75) is 18.4 Å². The van der Waals surface area contributed by atoms with Gasteiger partial charge in [0.25, 0.3) is 16.0 Å². The molecule has 2 aromatic carbocycles. The van der Waals surface area contributed by atoms with Crippen molar-refractivity contribution in [3.63, 3.8) is 0 Å². The maximum Gasteiger partial charge on any atom is 0.265 e. The van der Waals surface area contributed by atoms with Crippen molar-refractivity contribution >= 4 is 39.2 Å². The predicted molar refractivity (Wildman–Crippen MR) is 97.6 cm³/mol. The zero-order chi connectivity index (χ0) is 18.0. The average molecular weight is 397 g/mol. The summed E-state index contributed by atoms with van der Waals surface area (Å²) in [5, 5.41) is 4.47.